The van der Waals surface area contributed by atoms with Gasteiger partial charge in [-0.3, -0.25) is 0 Å². The van der Waals surface area contributed by atoms with Gasteiger partial charge in [0.05, 0.1) is 5.88 Å². The first-order valence-corrected chi connectivity index (χ1v) is 4.15. The lowest BCUT2D eigenvalue weighted by Gasteiger charge is -1.89. The van der Waals surface area contributed by atoms with Gasteiger partial charge in [-0.2, -0.15) is 0 Å². The molecule has 0 nitrogen and oxygen atoms in total. The number of hydrogen-bond acceptors (Lipinski definition) is 1. The topological polar surface area (TPSA) is 0 Å². The average molecular weight is 183 g/mol. The zero-order valence-corrected chi connectivity index (χ0v) is 7.49. The summed E-state index contributed by atoms with van der Waals surface area (Å²) in [7, 11) is 0. The van der Waals surface area contributed by atoms with E-state index in [1.807, 2.05) is 24.3 Å². The van der Waals surface area contributed by atoms with Crippen LogP contribution in [0, 0.1) is 11.8 Å². The second-order valence-corrected chi connectivity index (χ2v) is 2.77. The molecule has 0 fully saturated rings. The van der Waals surface area contributed by atoms with Crippen molar-refractivity contribution in [3.63, 3.8) is 0 Å². The summed E-state index contributed by atoms with van der Waals surface area (Å²) in [5.41, 5.74) is 0.975. The van der Waals surface area contributed by atoms with Crippen LogP contribution in [0.4, 0.5) is 0 Å². The predicted octanol–water partition coefficient (Wildman–Crippen LogP) is 2.57. The third-order valence-electron chi connectivity index (χ3n) is 1.17. The smallest absolute Gasteiger partial charge is 0.0839 e. The summed E-state index contributed by atoms with van der Waals surface area (Å²) in [6.07, 6.45) is 0. The average Bonchev–Trinajstić information content (AvgIpc) is 2.04. The van der Waals surface area contributed by atoms with E-state index in [-0.39, 0.29) is 0 Å². The van der Waals surface area contributed by atoms with Gasteiger partial charge in [0.1, 0.15) is 0 Å². The third kappa shape index (κ3) is 2.88. The number of alkyl halides is 1. The molecule has 0 amide bonds. The van der Waals surface area contributed by atoms with Gasteiger partial charge in [-0.15, -0.1) is 24.2 Å². The Morgan fingerprint density at radius 1 is 1.27 bits per heavy atom. The Morgan fingerprint density at radius 3 is 2.45 bits per heavy atom. The Kier molecular flexibility index (Phi) is 3.35. The van der Waals surface area contributed by atoms with E-state index >= 15 is 0 Å². The fraction of sp³-hybridized carbons (Fsp3) is 0.111. The Balaban J connectivity index is 2.82. The minimum Gasteiger partial charge on any atom is -0.143 e. The van der Waals surface area contributed by atoms with Crippen LogP contribution < -0.4 is 0 Å². The molecule has 0 aliphatic carbocycles. The highest BCUT2D eigenvalue weighted by Crippen LogP contribution is 2.06. The molecular formula is C9H7ClS. The van der Waals surface area contributed by atoms with Gasteiger partial charge in [0.2, 0.25) is 0 Å². The van der Waals surface area contributed by atoms with Crippen LogP contribution in [0.15, 0.2) is 29.2 Å². The van der Waals surface area contributed by atoms with Gasteiger partial charge < -0.3 is 0 Å². The Morgan fingerprint density at radius 2 is 1.91 bits per heavy atom. The van der Waals surface area contributed by atoms with E-state index in [1.165, 1.54) is 0 Å². The standard InChI is InChI=1S/C9H7ClS/c10-7-1-2-8-3-5-9(11)6-4-8/h3-6,11H,7H2. The molecular weight excluding hydrogens is 176 g/mol. The molecule has 0 unspecified atom stereocenters. The lowest BCUT2D eigenvalue weighted by Crippen LogP contribution is -1.72. The summed E-state index contributed by atoms with van der Waals surface area (Å²) >= 11 is 9.54. The first-order valence-electron chi connectivity index (χ1n) is 3.17. The number of rotatable bonds is 0. The van der Waals surface area contributed by atoms with Gasteiger partial charge in [-0.25, -0.2) is 0 Å². The Hall–Kier alpha value is -0.580. The van der Waals surface area contributed by atoms with Crippen molar-refractivity contribution < 1.29 is 0 Å². The molecule has 1 rings (SSSR count). The van der Waals surface area contributed by atoms with Crippen molar-refractivity contribution >= 4 is 24.2 Å². The largest absolute Gasteiger partial charge is 0.143 e. The zero-order valence-electron chi connectivity index (χ0n) is 5.84. The van der Waals surface area contributed by atoms with Crippen molar-refractivity contribution in [2.75, 3.05) is 5.88 Å². The first-order chi connectivity index (χ1) is 5.33. The fourth-order valence-electron chi connectivity index (χ4n) is 0.680. The van der Waals surface area contributed by atoms with Crippen molar-refractivity contribution in [3.05, 3.63) is 29.8 Å². The van der Waals surface area contributed by atoms with E-state index < -0.39 is 0 Å². The quantitative estimate of drug-likeness (QED) is 0.356. The van der Waals surface area contributed by atoms with Gasteiger partial charge in [0.25, 0.3) is 0 Å². The molecule has 2 heteroatoms. The van der Waals surface area contributed by atoms with E-state index in [2.05, 4.69) is 24.5 Å². The summed E-state index contributed by atoms with van der Waals surface area (Å²) in [6, 6.07) is 7.65. The van der Waals surface area contributed by atoms with E-state index in [0.29, 0.717) is 5.88 Å². The van der Waals surface area contributed by atoms with Crippen LogP contribution in [0.2, 0.25) is 0 Å². The van der Waals surface area contributed by atoms with E-state index in [4.69, 9.17) is 11.6 Å². The maximum atomic E-state index is 5.39. The summed E-state index contributed by atoms with van der Waals surface area (Å²) < 4.78 is 0. The molecule has 0 heterocycles. The van der Waals surface area contributed by atoms with Crippen molar-refractivity contribution in [1.29, 1.82) is 0 Å². The Bertz CT molecular complexity index is 279. The summed E-state index contributed by atoms with van der Waals surface area (Å²) in [6.45, 7) is 0. The lowest BCUT2D eigenvalue weighted by molar-refractivity contribution is 1.46. The number of hydrogen-bond donors (Lipinski definition) is 1. The Labute approximate surface area is 77.0 Å². The van der Waals surface area contributed by atoms with Crippen LogP contribution in [0.3, 0.4) is 0 Å². The zero-order chi connectivity index (χ0) is 8.10. The molecule has 11 heavy (non-hydrogen) atoms. The molecule has 0 saturated heterocycles. The van der Waals surface area contributed by atoms with E-state index in [9.17, 15) is 0 Å². The summed E-state index contributed by atoms with van der Waals surface area (Å²) in [4.78, 5) is 0.946. The monoisotopic (exact) mass is 182 g/mol. The van der Waals surface area contributed by atoms with Crippen LogP contribution in [0.1, 0.15) is 5.56 Å². The van der Waals surface area contributed by atoms with Crippen LogP contribution in [0.25, 0.3) is 0 Å². The minimum atomic E-state index is 0.378. The third-order valence-corrected chi connectivity index (χ3v) is 1.60. The van der Waals surface area contributed by atoms with Crippen LogP contribution in [0.5, 0.6) is 0 Å². The summed E-state index contributed by atoms with van der Waals surface area (Å²) in [5.74, 6) is 6.06. The molecule has 0 atom stereocenters. The molecule has 0 radical (unpaired) electrons. The second-order valence-electron chi connectivity index (χ2n) is 1.98. The highest BCUT2D eigenvalue weighted by Gasteiger charge is 1.84. The van der Waals surface area contributed by atoms with Gasteiger partial charge >= 0.3 is 0 Å². The summed E-state index contributed by atoms with van der Waals surface area (Å²) in [5, 5.41) is 0. The minimum absolute atomic E-state index is 0.378. The molecule has 0 aliphatic heterocycles. The lowest BCUT2D eigenvalue weighted by atomic mass is 10.2. The van der Waals surface area contributed by atoms with Gasteiger partial charge in [-0.05, 0) is 24.3 Å². The van der Waals surface area contributed by atoms with Crippen LogP contribution >= 0.6 is 24.2 Å². The molecule has 0 N–H and O–H groups in total. The molecule has 0 aromatic heterocycles. The maximum Gasteiger partial charge on any atom is 0.0839 e. The van der Waals surface area contributed by atoms with Gasteiger partial charge in [0.15, 0.2) is 0 Å². The highest BCUT2D eigenvalue weighted by molar-refractivity contribution is 7.80. The van der Waals surface area contributed by atoms with Crippen LogP contribution in [-0.4, -0.2) is 5.88 Å². The molecule has 56 valence electrons. The maximum absolute atomic E-state index is 5.39. The van der Waals surface area contributed by atoms with Gasteiger partial charge in [-0.1, -0.05) is 11.8 Å². The second kappa shape index (κ2) is 4.33. The molecule has 0 spiro atoms. The van der Waals surface area contributed by atoms with E-state index in [0.717, 1.165) is 10.5 Å². The molecule has 1 aromatic rings. The van der Waals surface area contributed by atoms with Gasteiger partial charge in [0, 0.05) is 10.5 Å². The normalized spacial score (nSPS) is 8.55. The number of benzene rings is 1. The molecule has 0 aliphatic rings. The fourth-order valence-corrected chi connectivity index (χ4v) is 0.896. The SMILES string of the molecule is Sc1ccc(C#CCCl)cc1. The molecule has 0 saturated carbocycles. The van der Waals surface area contributed by atoms with E-state index in [1.54, 1.807) is 0 Å². The molecule has 0 bridgehead atoms. The molecule has 1 aromatic carbocycles. The van der Waals surface area contributed by atoms with Crippen LogP contribution in [-0.2, 0) is 0 Å². The number of halogens is 1. The number of thiol groups is 1. The predicted molar refractivity (Wildman–Crippen MR) is 51.3 cm³/mol. The van der Waals surface area contributed by atoms with Crippen molar-refractivity contribution in [1.82, 2.24) is 0 Å². The first kappa shape index (κ1) is 8.52. The van der Waals surface area contributed by atoms with Crippen molar-refractivity contribution in [2.45, 2.75) is 4.90 Å². The van der Waals surface area contributed by atoms with Crippen molar-refractivity contribution in [2.24, 2.45) is 0 Å². The van der Waals surface area contributed by atoms with Crippen molar-refractivity contribution in [3.8, 4) is 11.8 Å². The highest BCUT2D eigenvalue weighted by atomic mass is 35.5.